The van der Waals surface area contributed by atoms with E-state index in [0.717, 1.165) is 0 Å². The molecule has 0 atom stereocenters. The summed E-state index contributed by atoms with van der Waals surface area (Å²) in [5, 5.41) is 5.61. The first kappa shape index (κ1) is 22.6. The Hall–Kier alpha value is -3.10. The molecule has 3 aromatic rings. The number of nitrogens with one attached hydrogen (secondary N) is 2. The Morgan fingerprint density at radius 2 is 1.81 bits per heavy atom. The standard InChI is InChI=1S/C21H20Cl2N4O4/c1-2-27-21(30)14-8-4-3-7-13(14)19(26-27)20(29)25-24-17(28)11-6-12-31-16-10-5-9-15(22)18(16)23/h3-5,7-10H,2,6,11-12H2,1H3,(H,24,28)(H,25,29). The van der Waals surface area contributed by atoms with E-state index in [4.69, 9.17) is 27.9 Å². The van der Waals surface area contributed by atoms with E-state index < -0.39 is 11.8 Å². The van der Waals surface area contributed by atoms with Gasteiger partial charge in [0.25, 0.3) is 11.5 Å². The molecule has 31 heavy (non-hydrogen) atoms. The van der Waals surface area contributed by atoms with E-state index in [1.165, 1.54) is 4.68 Å². The zero-order chi connectivity index (χ0) is 22.4. The Bertz CT molecular complexity index is 1180. The van der Waals surface area contributed by atoms with Crippen molar-refractivity contribution in [1.82, 2.24) is 20.6 Å². The van der Waals surface area contributed by atoms with Crippen LogP contribution in [0, 0.1) is 0 Å². The molecule has 1 heterocycles. The van der Waals surface area contributed by atoms with Crippen LogP contribution >= 0.6 is 23.2 Å². The minimum Gasteiger partial charge on any atom is -0.492 e. The van der Waals surface area contributed by atoms with Gasteiger partial charge in [-0.2, -0.15) is 5.10 Å². The third kappa shape index (κ3) is 5.34. The summed E-state index contributed by atoms with van der Waals surface area (Å²) in [6.45, 7) is 2.31. The number of aromatic nitrogens is 2. The molecule has 0 saturated heterocycles. The van der Waals surface area contributed by atoms with Gasteiger partial charge in [-0.3, -0.25) is 25.2 Å². The second-order valence-corrected chi connectivity index (χ2v) is 7.31. The average molecular weight is 463 g/mol. The quantitative estimate of drug-likeness (QED) is 0.414. The molecule has 2 N–H and O–H groups in total. The third-order valence-corrected chi connectivity index (χ3v) is 5.22. The molecule has 1 aromatic heterocycles. The SMILES string of the molecule is CCn1nc(C(=O)NNC(=O)CCCOc2cccc(Cl)c2Cl)c2ccccc2c1=O. The van der Waals surface area contributed by atoms with Gasteiger partial charge in [-0.15, -0.1) is 0 Å². The highest BCUT2D eigenvalue weighted by Crippen LogP contribution is 2.31. The van der Waals surface area contributed by atoms with Crippen molar-refractivity contribution < 1.29 is 14.3 Å². The number of rotatable bonds is 7. The zero-order valence-corrected chi connectivity index (χ0v) is 18.2. The topological polar surface area (TPSA) is 102 Å². The van der Waals surface area contributed by atoms with Crippen molar-refractivity contribution in [3.8, 4) is 5.75 Å². The van der Waals surface area contributed by atoms with Gasteiger partial charge in [0.15, 0.2) is 5.69 Å². The summed E-state index contributed by atoms with van der Waals surface area (Å²) in [4.78, 5) is 37.0. The molecule has 0 bridgehead atoms. The van der Waals surface area contributed by atoms with Crippen LogP contribution in [0.1, 0.15) is 30.3 Å². The van der Waals surface area contributed by atoms with Crippen LogP contribution in [0.15, 0.2) is 47.3 Å². The summed E-state index contributed by atoms with van der Waals surface area (Å²) in [6.07, 6.45) is 0.507. The van der Waals surface area contributed by atoms with Crippen molar-refractivity contribution in [2.24, 2.45) is 0 Å². The Kier molecular flexibility index (Phi) is 7.49. The molecular formula is C21H20Cl2N4O4. The number of carbonyl (C=O) groups excluding carboxylic acids is 2. The normalized spacial score (nSPS) is 10.7. The van der Waals surface area contributed by atoms with Crippen LogP contribution in [0.5, 0.6) is 5.75 Å². The number of hydrazine groups is 1. The summed E-state index contributed by atoms with van der Waals surface area (Å²) < 4.78 is 6.73. The molecule has 2 aromatic carbocycles. The van der Waals surface area contributed by atoms with Gasteiger partial charge >= 0.3 is 0 Å². The summed E-state index contributed by atoms with van der Waals surface area (Å²) in [7, 11) is 0. The van der Waals surface area contributed by atoms with Gasteiger partial charge in [-0.05, 0) is 31.5 Å². The lowest BCUT2D eigenvalue weighted by Crippen LogP contribution is -2.42. The van der Waals surface area contributed by atoms with Gasteiger partial charge in [0.05, 0.1) is 17.0 Å². The Morgan fingerprint density at radius 3 is 2.55 bits per heavy atom. The lowest BCUT2D eigenvalue weighted by molar-refractivity contribution is -0.122. The minimum atomic E-state index is -0.617. The van der Waals surface area contributed by atoms with E-state index in [1.54, 1.807) is 49.4 Å². The first-order valence-electron chi connectivity index (χ1n) is 9.58. The monoisotopic (exact) mass is 462 g/mol. The molecule has 0 spiro atoms. The van der Waals surface area contributed by atoms with Crippen molar-refractivity contribution in [3.05, 3.63) is 68.6 Å². The van der Waals surface area contributed by atoms with Gasteiger partial charge in [0, 0.05) is 18.4 Å². The van der Waals surface area contributed by atoms with Gasteiger partial charge in [-0.25, -0.2) is 4.68 Å². The summed E-state index contributed by atoms with van der Waals surface area (Å²) >= 11 is 12.0. The number of nitrogens with zero attached hydrogens (tertiary/aromatic N) is 2. The van der Waals surface area contributed by atoms with Crippen LogP contribution in [0.25, 0.3) is 10.8 Å². The maximum Gasteiger partial charge on any atom is 0.290 e. The van der Waals surface area contributed by atoms with Crippen molar-refractivity contribution >= 4 is 45.8 Å². The van der Waals surface area contributed by atoms with Crippen LogP contribution in [-0.2, 0) is 11.3 Å². The number of halogens is 2. The Balaban J connectivity index is 1.55. The van der Waals surface area contributed by atoms with Crippen LogP contribution in [-0.4, -0.2) is 28.2 Å². The fraction of sp³-hybridized carbons (Fsp3) is 0.238. The third-order valence-electron chi connectivity index (χ3n) is 4.42. The number of ether oxygens (including phenoxy) is 1. The van der Waals surface area contributed by atoms with Gasteiger partial charge in [-0.1, -0.05) is 47.5 Å². The zero-order valence-electron chi connectivity index (χ0n) is 16.7. The molecule has 162 valence electrons. The number of aryl methyl sites for hydroxylation is 1. The summed E-state index contributed by atoms with van der Waals surface area (Å²) in [6, 6.07) is 11.7. The van der Waals surface area contributed by atoms with E-state index in [2.05, 4.69) is 16.0 Å². The molecule has 0 aliphatic heterocycles. The molecule has 2 amide bonds. The number of amides is 2. The first-order valence-corrected chi connectivity index (χ1v) is 10.3. The van der Waals surface area contributed by atoms with Crippen molar-refractivity contribution in [3.63, 3.8) is 0 Å². The second-order valence-electron chi connectivity index (χ2n) is 6.52. The lowest BCUT2D eigenvalue weighted by atomic mass is 10.1. The van der Waals surface area contributed by atoms with Crippen LogP contribution in [0.3, 0.4) is 0 Å². The molecule has 8 nitrogen and oxygen atoms in total. The van der Waals surface area contributed by atoms with Crippen molar-refractivity contribution in [2.45, 2.75) is 26.3 Å². The molecule has 0 aliphatic carbocycles. The van der Waals surface area contributed by atoms with Crippen LogP contribution in [0.4, 0.5) is 0 Å². The van der Waals surface area contributed by atoms with Crippen LogP contribution in [0.2, 0.25) is 10.0 Å². The highest BCUT2D eigenvalue weighted by atomic mass is 35.5. The van der Waals surface area contributed by atoms with E-state index in [-0.39, 0.29) is 24.3 Å². The van der Waals surface area contributed by atoms with E-state index in [0.29, 0.717) is 39.5 Å². The molecule has 0 unspecified atom stereocenters. The smallest absolute Gasteiger partial charge is 0.290 e. The van der Waals surface area contributed by atoms with Crippen molar-refractivity contribution in [2.75, 3.05) is 6.61 Å². The predicted molar refractivity (Wildman–Crippen MR) is 118 cm³/mol. The number of carbonyl (C=O) groups is 2. The average Bonchev–Trinajstić information content (AvgIpc) is 2.78. The number of hydrogen-bond donors (Lipinski definition) is 2. The molecule has 3 rings (SSSR count). The molecule has 0 radical (unpaired) electrons. The maximum absolute atomic E-state index is 12.6. The molecule has 0 fully saturated rings. The molecular weight excluding hydrogens is 443 g/mol. The predicted octanol–water partition coefficient (Wildman–Crippen LogP) is 3.34. The summed E-state index contributed by atoms with van der Waals surface area (Å²) in [5.41, 5.74) is 4.46. The lowest BCUT2D eigenvalue weighted by Gasteiger charge is -2.11. The van der Waals surface area contributed by atoms with E-state index in [1.807, 2.05) is 0 Å². The highest BCUT2D eigenvalue weighted by Gasteiger charge is 2.16. The highest BCUT2D eigenvalue weighted by molar-refractivity contribution is 6.42. The maximum atomic E-state index is 12.6. The number of benzene rings is 2. The number of fused-ring (bicyclic) bond motifs is 1. The Labute approximate surface area is 188 Å². The van der Waals surface area contributed by atoms with E-state index >= 15 is 0 Å². The largest absolute Gasteiger partial charge is 0.492 e. The molecule has 10 heteroatoms. The van der Waals surface area contributed by atoms with Gasteiger partial charge < -0.3 is 4.74 Å². The fourth-order valence-corrected chi connectivity index (χ4v) is 3.22. The Morgan fingerprint density at radius 1 is 1.06 bits per heavy atom. The van der Waals surface area contributed by atoms with Crippen LogP contribution < -0.4 is 21.1 Å². The summed E-state index contributed by atoms with van der Waals surface area (Å²) in [5.74, 6) is -0.581. The van der Waals surface area contributed by atoms with Gasteiger partial charge in [0.1, 0.15) is 10.8 Å². The minimum absolute atomic E-state index is 0.0521. The second kappa shape index (κ2) is 10.3. The molecule has 0 aliphatic rings. The van der Waals surface area contributed by atoms with E-state index in [9.17, 15) is 14.4 Å². The fourth-order valence-electron chi connectivity index (χ4n) is 2.88. The van der Waals surface area contributed by atoms with Crippen molar-refractivity contribution in [1.29, 1.82) is 0 Å². The van der Waals surface area contributed by atoms with Gasteiger partial charge in [0.2, 0.25) is 5.91 Å². The number of hydrogen-bond acceptors (Lipinski definition) is 5. The first-order chi connectivity index (χ1) is 14.9. The molecule has 0 saturated carbocycles.